The van der Waals surface area contributed by atoms with Crippen molar-refractivity contribution in [3.63, 3.8) is 0 Å². The Labute approximate surface area is 62.2 Å². The van der Waals surface area contributed by atoms with Crippen molar-refractivity contribution in [1.29, 1.82) is 0 Å². The molecule has 0 saturated carbocycles. The minimum Gasteiger partial charge on any atom is -0.313 e. The molecule has 50 valence electrons. The van der Waals surface area contributed by atoms with Crippen LogP contribution in [0, 0.1) is 0 Å². The van der Waals surface area contributed by atoms with E-state index in [9.17, 15) is 0 Å². The maximum absolute atomic E-state index is 5.51. The molecule has 5 heteroatoms. The number of hydrogen-bond donors (Lipinski definition) is 1. The molecule has 1 heterocycles. The summed E-state index contributed by atoms with van der Waals surface area (Å²) >= 11 is 6.72. The molecule has 0 unspecified atom stereocenters. The van der Waals surface area contributed by atoms with E-state index in [4.69, 9.17) is 11.6 Å². The predicted octanol–water partition coefficient (Wildman–Crippen LogP) is 0.911. The lowest BCUT2D eigenvalue weighted by atomic mass is 10.6. The molecular formula is C4H6ClN3S. The first-order valence-electron chi connectivity index (χ1n) is 2.45. The van der Waals surface area contributed by atoms with Gasteiger partial charge in [0.05, 0.1) is 6.54 Å². The number of nitrogens with zero attached hydrogens (tertiary/aromatic N) is 2. The molecule has 0 spiro atoms. The fourth-order valence-electron chi connectivity index (χ4n) is 0.463. The largest absolute Gasteiger partial charge is 0.313 e. The van der Waals surface area contributed by atoms with Crippen molar-refractivity contribution in [2.75, 3.05) is 7.05 Å². The van der Waals surface area contributed by atoms with Crippen molar-refractivity contribution in [2.45, 2.75) is 6.54 Å². The SMILES string of the molecule is CNCc1nsc(Cl)n1. The Hall–Kier alpha value is -0.190. The second-order valence-electron chi connectivity index (χ2n) is 1.49. The number of halogens is 1. The van der Waals surface area contributed by atoms with Gasteiger partial charge in [0, 0.05) is 0 Å². The minimum absolute atomic E-state index is 0.500. The average Bonchev–Trinajstić information content (AvgIpc) is 2.17. The van der Waals surface area contributed by atoms with Gasteiger partial charge in [0.2, 0.25) is 4.47 Å². The number of rotatable bonds is 2. The van der Waals surface area contributed by atoms with Crippen LogP contribution < -0.4 is 5.32 Å². The third-order valence-electron chi connectivity index (χ3n) is 0.778. The van der Waals surface area contributed by atoms with Crippen LogP contribution in [0.5, 0.6) is 0 Å². The summed E-state index contributed by atoms with van der Waals surface area (Å²) in [6.45, 7) is 0.684. The number of nitrogens with one attached hydrogen (secondary N) is 1. The summed E-state index contributed by atoms with van der Waals surface area (Å²) in [7, 11) is 1.84. The molecule has 3 nitrogen and oxygen atoms in total. The standard InChI is InChI=1S/C4H6ClN3S/c1-6-2-3-7-4(5)9-8-3/h6H,2H2,1H3. The number of aromatic nitrogens is 2. The van der Waals surface area contributed by atoms with E-state index in [0.29, 0.717) is 11.0 Å². The van der Waals surface area contributed by atoms with E-state index >= 15 is 0 Å². The van der Waals surface area contributed by atoms with E-state index in [-0.39, 0.29) is 0 Å². The van der Waals surface area contributed by atoms with Crippen LogP contribution in [0.1, 0.15) is 5.82 Å². The van der Waals surface area contributed by atoms with E-state index < -0.39 is 0 Å². The first-order chi connectivity index (χ1) is 4.33. The molecule has 0 saturated heterocycles. The quantitative estimate of drug-likeness (QED) is 0.705. The van der Waals surface area contributed by atoms with Crippen LogP contribution >= 0.6 is 23.1 Å². The molecule has 1 aromatic rings. The fraction of sp³-hybridized carbons (Fsp3) is 0.500. The maximum Gasteiger partial charge on any atom is 0.203 e. The van der Waals surface area contributed by atoms with Crippen LogP contribution in [-0.4, -0.2) is 16.4 Å². The van der Waals surface area contributed by atoms with Crippen molar-refractivity contribution in [2.24, 2.45) is 0 Å². The summed E-state index contributed by atoms with van der Waals surface area (Å²) in [5.41, 5.74) is 0. The lowest BCUT2D eigenvalue weighted by molar-refractivity contribution is 0.775. The van der Waals surface area contributed by atoms with Gasteiger partial charge in [-0.25, -0.2) is 4.98 Å². The van der Waals surface area contributed by atoms with Gasteiger partial charge in [0.1, 0.15) is 0 Å². The number of hydrogen-bond acceptors (Lipinski definition) is 4. The van der Waals surface area contributed by atoms with Gasteiger partial charge < -0.3 is 5.32 Å². The Bertz CT molecular complexity index is 188. The molecule has 9 heavy (non-hydrogen) atoms. The third kappa shape index (κ3) is 1.89. The van der Waals surface area contributed by atoms with Gasteiger partial charge in [0.15, 0.2) is 5.82 Å². The Morgan fingerprint density at radius 2 is 2.56 bits per heavy atom. The van der Waals surface area contributed by atoms with E-state index in [2.05, 4.69) is 14.7 Å². The van der Waals surface area contributed by atoms with Crippen LogP contribution in [0.4, 0.5) is 0 Å². The van der Waals surface area contributed by atoms with Crippen LogP contribution in [-0.2, 0) is 6.54 Å². The first-order valence-corrected chi connectivity index (χ1v) is 3.60. The molecule has 0 aliphatic carbocycles. The second-order valence-corrected chi connectivity index (χ2v) is 2.83. The van der Waals surface area contributed by atoms with Gasteiger partial charge in [-0.1, -0.05) is 0 Å². The second kappa shape index (κ2) is 3.10. The zero-order valence-electron chi connectivity index (χ0n) is 4.89. The van der Waals surface area contributed by atoms with Crippen molar-refractivity contribution in [3.8, 4) is 0 Å². The molecular weight excluding hydrogens is 158 g/mol. The van der Waals surface area contributed by atoms with E-state index in [1.54, 1.807) is 0 Å². The van der Waals surface area contributed by atoms with Crippen LogP contribution in [0.3, 0.4) is 0 Å². The Kier molecular flexibility index (Phi) is 2.38. The molecule has 0 aliphatic rings. The monoisotopic (exact) mass is 163 g/mol. The van der Waals surface area contributed by atoms with Gasteiger partial charge in [0.25, 0.3) is 0 Å². The molecule has 0 fully saturated rings. The highest BCUT2D eigenvalue weighted by Gasteiger charge is 1.97. The van der Waals surface area contributed by atoms with Gasteiger partial charge in [-0.05, 0) is 30.2 Å². The third-order valence-corrected chi connectivity index (χ3v) is 1.61. The summed E-state index contributed by atoms with van der Waals surface area (Å²) < 4.78 is 4.44. The molecule has 0 aromatic carbocycles. The Morgan fingerprint density at radius 3 is 3.00 bits per heavy atom. The average molecular weight is 164 g/mol. The first kappa shape index (κ1) is 6.92. The predicted molar refractivity (Wildman–Crippen MR) is 37.7 cm³/mol. The topological polar surface area (TPSA) is 37.8 Å². The zero-order valence-corrected chi connectivity index (χ0v) is 6.46. The highest BCUT2D eigenvalue weighted by molar-refractivity contribution is 7.10. The molecule has 1 N–H and O–H groups in total. The summed E-state index contributed by atoms with van der Waals surface area (Å²) in [6.07, 6.45) is 0. The van der Waals surface area contributed by atoms with E-state index in [1.807, 2.05) is 7.05 Å². The van der Waals surface area contributed by atoms with Crippen LogP contribution in [0.2, 0.25) is 4.47 Å². The highest BCUT2D eigenvalue weighted by atomic mass is 35.5. The summed E-state index contributed by atoms with van der Waals surface area (Å²) in [4.78, 5) is 3.91. The van der Waals surface area contributed by atoms with Crippen LogP contribution in [0.15, 0.2) is 0 Å². The van der Waals surface area contributed by atoms with E-state index in [0.717, 1.165) is 5.82 Å². The molecule has 1 rings (SSSR count). The lowest BCUT2D eigenvalue weighted by Gasteiger charge is -1.86. The van der Waals surface area contributed by atoms with Crippen molar-refractivity contribution < 1.29 is 0 Å². The summed E-state index contributed by atoms with van der Waals surface area (Å²) in [5.74, 6) is 0.757. The normalized spacial score (nSPS) is 10.0. The minimum atomic E-state index is 0.500. The molecule has 0 amide bonds. The zero-order chi connectivity index (χ0) is 6.69. The smallest absolute Gasteiger partial charge is 0.203 e. The van der Waals surface area contributed by atoms with Gasteiger partial charge in [-0.15, -0.1) is 0 Å². The van der Waals surface area contributed by atoms with Gasteiger partial charge >= 0.3 is 0 Å². The van der Waals surface area contributed by atoms with Crippen molar-refractivity contribution in [1.82, 2.24) is 14.7 Å². The highest BCUT2D eigenvalue weighted by Crippen LogP contribution is 2.09. The van der Waals surface area contributed by atoms with Crippen molar-refractivity contribution in [3.05, 3.63) is 10.3 Å². The maximum atomic E-state index is 5.51. The van der Waals surface area contributed by atoms with E-state index in [1.165, 1.54) is 11.5 Å². The lowest BCUT2D eigenvalue weighted by Crippen LogP contribution is -2.06. The summed E-state index contributed by atoms with van der Waals surface area (Å²) in [6, 6.07) is 0. The van der Waals surface area contributed by atoms with Gasteiger partial charge in [-0.2, -0.15) is 4.37 Å². The Balaban J connectivity index is 2.61. The van der Waals surface area contributed by atoms with Gasteiger partial charge in [-0.3, -0.25) is 0 Å². The van der Waals surface area contributed by atoms with Crippen LogP contribution in [0.25, 0.3) is 0 Å². The molecule has 0 aliphatic heterocycles. The van der Waals surface area contributed by atoms with Crippen molar-refractivity contribution >= 4 is 23.1 Å². The molecule has 0 atom stereocenters. The fourth-order valence-corrected chi connectivity index (χ4v) is 1.10. The summed E-state index contributed by atoms with van der Waals surface area (Å²) in [5, 5.41) is 2.92. The Morgan fingerprint density at radius 1 is 1.78 bits per heavy atom. The molecule has 0 bridgehead atoms. The molecule has 0 radical (unpaired) electrons. The molecule has 1 aromatic heterocycles.